The van der Waals surface area contributed by atoms with Crippen LogP contribution in [0.5, 0.6) is 5.75 Å². The van der Waals surface area contributed by atoms with Gasteiger partial charge in [-0.05, 0) is 17.7 Å². The van der Waals surface area contributed by atoms with Crippen molar-refractivity contribution in [2.75, 3.05) is 39.8 Å². The van der Waals surface area contributed by atoms with Gasteiger partial charge in [0.1, 0.15) is 5.75 Å². The Morgan fingerprint density at radius 1 is 1.00 bits per heavy atom. The number of methoxy groups -OCH3 is 1. The molecule has 2 aromatic rings. The molecule has 2 aromatic carbocycles. The lowest BCUT2D eigenvalue weighted by atomic mass is 10.1. The maximum atomic E-state index is 5.64. The van der Waals surface area contributed by atoms with E-state index in [2.05, 4.69) is 45.2 Å². The summed E-state index contributed by atoms with van der Waals surface area (Å²) in [6.07, 6.45) is 0.850. The van der Waals surface area contributed by atoms with Gasteiger partial charge >= 0.3 is 0 Å². The molecule has 0 atom stereocenters. The maximum absolute atomic E-state index is 5.64. The van der Waals surface area contributed by atoms with Crippen LogP contribution in [0.15, 0.2) is 59.7 Å². The Labute approximate surface area is 156 Å². The van der Waals surface area contributed by atoms with Crippen molar-refractivity contribution < 1.29 is 4.74 Å². The lowest BCUT2D eigenvalue weighted by molar-refractivity contribution is 0.129. The van der Waals surface area contributed by atoms with Crippen LogP contribution in [0.4, 0.5) is 0 Å². The van der Waals surface area contributed by atoms with E-state index in [1.807, 2.05) is 24.3 Å². The predicted octanol–water partition coefficient (Wildman–Crippen LogP) is 2.57. The SMILES string of the molecule is COc1cccc(C(CCN2CCN(Cc3ccccc3)CC2)=NN)c1. The Hall–Kier alpha value is -2.37. The Morgan fingerprint density at radius 2 is 1.73 bits per heavy atom. The van der Waals surface area contributed by atoms with Gasteiger partial charge in [0.2, 0.25) is 0 Å². The Morgan fingerprint density at radius 3 is 2.42 bits per heavy atom. The highest BCUT2D eigenvalue weighted by Gasteiger charge is 2.17. The highest BCUT2D eigenvalue weighted by atomic mass is 16.5. The molecule has 3 rings (SSSR count). The zero-order valence-electron chi connectivity index (χ0n) is 15.5. The monoisotopic (exact) mass is 352 g/mol. The number of nitrogens with zero attached hydrogens (tertiary/aromatic N) is 3. The van der Waals surface area contributed by atoms with Crippen LogP contribution in [0, 0.1) is 0 Å². The van der Waals surface area contributed by atoms with Crippen LogP contribution in [0.3, 0.4) is 0 Å². The quantitative estimate of drug-likeness (QED) is 0.473. The number of rotatable bonds is 7. The van der Waals surface area contributed by atoms with E-state index in [0.717, 1.165) is 62.7 Å². The summed E-state index contributed by atoms with van der Waals surface area (Å²) in [5.74, 6) is 6.47. The van der Waals surface area contributed by atoms with Crippen LogP contribution in [-0.2, 0) is 6.54 Å². The van der Waals surface area contributed by atoms with Gasteiger partial charge in [0.15, 0.2) is 0 Å². The molecule has 5 heteroatoms. The Balaban J connectivity index is 1.46. The fraction of sp³-hybridized carbons (Fsp3) is 0.381. The number of benzene rings is 2. The average molecular weight is 352 g/mol. The summed E-state index contributed by atoms with van der Waals surface area (Å²) in [5, 5.41) is 4.01. The van der Waals surface area contributed by atoms with Crippen molar-refractivity contribution >= 4 is 5.71 Å². The molecule has 2 N–H and O–H groups in total. The molecular formula is C21H28N4O. The summed E-state index contributed by atoms with van der Waals surface area (Å²) in [5.41, 5.74) is 3.35. The first-order chi connectivity index (χ1) is 12.8. The summed E-state index contributed by atoms with van der Waals surface area (Å²) < 4.78 is 5.29. The van der Waals surface area contributed by atoms with Gasteiger partial charge in [-0.25, -0.2) is 0 Å². The lowest BCUT2D eigenvalue weighted by Gasteiger charge is -2.34. The summed E-state index contributed by atoms with van der Waals surface area (Å²) in [6.45, 7) is 6.39. The van der Waals surface area contributed by atoms with E-state index in [4.69, 9.17) is 10.6 Å². The average Bonchev–Trinajstić information content (AvgIpc) is 2.70. The highest BCUT2D eigenvalue weighted by Crippen LogP contribution is 2.15. The maximum Gasteiger partial charge on any atom is 0.119 e. The molecule has 0 aliphatic carbocycles. The van der Waals surface area contributed by atoms with Crippen molar-refractivity contribution in [2.24, 2.45) is 10.9 Å². The van der Waals surface area contributed by atoms with Crippen molar-refractivity contribution in [3.05, 3.63) is 65.7 Å². The molecule has 0 amide bonds. The standard InChI is InChI=1S/C21H28N4O/c1-26-20-9-5-8-19(16-20)21(23-22)10-11-24-12-14-25(15-13-24)17-18-6-3-2-4-7-18/h2-9,16H,10-15,17,22H2,1H3. The first-order valence-electron chi connectivity index (χ1n) is 9.18. The minimum atomic E-state index is 0.832. The smallest absolute Gasteiger partial charge is 0.119 e. The highest BCUT2D eigenvalue weighted by molar-refractivity contribution is 6.00. The molecular weight excluding hydrogens is 324 g/mol. The minimum Gasteiger partial charge on any atom is -0.497 e. The van der Waals surface area contributed by atoms with E-state index >= 15 is 0 Å². The van der Waals surface area contributed by atoms with Crippen molar-refractivity contribution in [1.29, 1.82) is 0 Å². The van der Waals surface area contributed by atoms with E-state index in [1.165, 1.54) is 5.56 Å². The van der Waals surface area contributed by atoms with E-state index < -0.39 is 0 Å². The van der Waals surface area contributed by atoms with Gasteiger partial charge in [-0.15, -0.1) is 0 Å². The van der Waals surface area contributed by atoms with Gasteiger partial charge in [0.25, 0.3) is 0 Å². The lowest BCUT2D eigenvalue weighted by Crippen LogP contribution is -2.46. The van der Waals surface area contributed by atoms with Crippen LogP contribution >= 0.6 is 0 Å². The number of nitrogens with two attached hydrogens (primary N) is 1. The molecule has 26 heavy (non-hydrogen) atoms. The van der Waals surface area contributed by atoms with Gasteiger partial charge in [0.05, 0.1) is 12.8 Å². The molecule has 0 unspecified atom stereocenters. The number of hydrazone groups is 1. The van der Waals surface area contributed by atoms with E-state index in [9.17, 15) is 0 Å². The first kappa shape index (κ1) is 18.4. The molecule has 0 bridgehead atoms. The molecule has 1 aliphatic rings. The third kappa shape index (κ3) is 5.07. The zero-order chi connectivity index (χ0) is 18.2. The molecule has 1 fully saturated rings. The van der Waals surface area contributed by atoms with Gasteiger partial charge in [-0.2, -0.15) is 5.10 Å². The summed E-state index contributed by atoms with van der Waals surface area (Å²) in [6, 6.07) is 18.6. The van der Waals surface area contributed by atoms with E-state index in [0.29, 0.717) is 0 Å². The first-order valence-corrected chi connectivity index (χ1v) is 9.18. The molecule has 1 aliphatic heterocycles. The van der Waals surface area contributed by atoms with Crippen LogP contribution in [0.1, 0.15) is 17.5 Å². The third-order valence-corrected chi connectivity index (χ3v) is 4.94. The second-order valence-corrected chi connectivity index (χ2v) is 6.66. The molecule has 0 saturated carbocycles. The number of hydrogen-bond acceptors (Lipinski definition) is 5. The topological polar surface area (TPSA) is 54.1 Å². The number of piperazine rings is 1. The molecule has 0 spiro atoms. The molecule has 1 saturated heterocycles. The van der Waals surface area contributed by atoms with Crippen molar-refractivity contribution in [3.63, 3.8) is 0 Å². The molecule has 0 radical (unpaired) electrons. The van der Waals surface area contributed by atoms with Gasteiger partial charge in [-0.1, -0.05) is 42.5 Å². The Bertz CT molecular complexity index is 709. The molecule has 1 heterocycles. The summed E-state index contributed by atoms with van der Waals surface area (Å²) >= 11 is 0. The molecule has 5 nitrogen and oxygen atoms in total. The minimum absolute atomic E-state index is 0.832. The van der Waals surface area contributed by atoms with Crippen molar-refractivity contribution in [2.45, 2.75) is 13.0 Å². The van der Waals surface area contributed by atoms with Crippen LogP contribution < -0.4 is 10.6 Å². The second-order valence-electron chi connectivity index (χ2n) is 6.66. The fourth-order valence-corrected chi connectivity index (χ4v) is 3.36. The normalized spacial score (nSPS) is 16.6. The van der Waals surface area contributed by atoms with Crippen molar-refractivity contribution in [3.8, 4) is 5.75 Å². The van der Waals surface area contributed by atoms with Crippen LogP contribution in [-0.4, -0.2) is 55.3 Å². The van der Waals surface area contributed by atoms with E-state index in [-0.39, 0.29) is 0 Å². The molecule has 0 aromatic heterocycles. The number of hydrogen-bond donors (Lipinski definition) is 1. The summed E-state index contributed by atoms with van der Waals surface area (Å²) in [4.78, 5) is 5.01. The largest absolute Gasteiger partial charge is 0.497 e. The number of ether oxygens (including phenoxy) is 1. The molecule has 138 valence electrons. The van der Waals surface area contributed by atoms with Crippen LogP contribution in [0.2, 0.25) is 0 Å². The predicted molar refractivity (Wildman–Crippen MR) is 106 cm³/mol. The third-order valence-electron chi connectivity index (χ3n) is 4.94. The van der Waals surface area contributed by atoms with Gasteiger partial charge < -0.3 is 15.5 Å². The van der Waals surface area contributed by atoms with Crippen molar-refractivity contribution in [1.82, 2.24) is 9.80 Å². The second kappa shape index (κ2) is 9.36. The van der Waals surface area contributed by atoms with Gasteiger partial charge in [0, 0.05) is 51.3 Å². The summed E-state index contributed by atoms with van der Waals surface area (Å²) in [7, 11) is 1.67. The fourth-order valence-electron chi connectivity index (χ4n) is 3.36. The zero-order valence-corrected chi connectivity index (χ0v) is 15.5. The van der Waals surface area contributed by atoms with Crippen LogP contribution in [0.25, 0.3) is 0 Å². The Kier molecular flexibility index (Phi) is 6.63. The van der Waals surface area contributed by atoms with E-state index in [1.54, 1.807) is 7.11 Å². The van der Waals surface area contributed by atoms with Gasteiger partial charge in [-0.3, -0.25) is 4.90 Å².